The molecule has 2 amide bonds. The Balaban J connectivity index is 2.58. The zero-order valence-electron chi connectivity index (χ0n) is 14.7. The molecule has 0 unspecified atom stereocenters. The fraction of sp³-hybridized carbons (Fsp3) is 0.471. The molecule has 0 fully saturated rings. The summed E-state index contributed by atoms with van der Waals surface area (Å²) in [5.74, 6) is -0.321. The largest absolute Gasteiger partial charge is 0.493 e. The van der Waals surface area contributed by atoms with Crippen LogP contribution < -0.4 is 20.1 Å². The van der Waals surface area contributed by atoms with E-state index >= 15 is 0 Å². The van der Waals surface area contributed by atoms with E-state index in [1.54, 1.807) is 6.07 Å². The van der Waals surface area contributed by atoms with Gasteiger partial charge in [-0.3, -0.25) is 9.59 Å². The van der Waals surface area contributed by atoms with Crippen molar-refractivity contribution in [2.75, 3.05) is 33.9 Å². The summed E-state index contributed by atoms with van der Waals surface area (Å²) in [6.07, 6.45) is 1.07. The standard InChI is InChI=1S/C17H24N2O6/c1-4-8-18-15(20)7-9-19-17(22)12-5-6-13(14(10-12)23-2)25-11-16(21)24-3/h5-6,10H,4,7-9,11H2,1-3H3,(H,18,20)(H,19,22). The van der Waals surface area contributed by atoms with Gasteiger partial charge in [0, 0.05) is 25.1 Å². The second kappa shape index (κ2) is 10.9. The van der Waals surface area contributed by atoms with Gasteiger partial charge in [-0.15, -0.1) is 0 Å². The quantitative estimate of drug-likeness (QED) is 0.606. The number of carbonyl (C=O) groups is 3. The highest BCUT2D eigenvalue weighted by molar-refractivity contribution is 5.95. The van der Waals surface area contributed by atoms with Crippen molar-refractivity contribution in [3.8, 4) is 11.5 Å². The number of esters is 1. The van der Waals surface area contributed by atoms with Crippen molar-refractivity contribution in [1.82, 2.24) is 10.6 Å². The third kappa shape index (κ3) is 7.11. The molecule has 2 N–H and O–H groups in total. The monoisotopic (exact) mass is 352 g/mol. The molecular weight excluding hydrogens is 328 g/mol. The van der Waals surface area contributed by atoms with Crippen LogP contribution in [-0.4, -0.2) is 51.7 Å². The van der Waals surface area contributed by atoms with E-state index in [-0.39, 0.29) is 31.4 Å². The lowest BCUT2D eigenvalue weighted by atomic mass is 10.2. The zero-order valence-corrected chi connectivity index (χ0v) is 14.7. The molecule has 0 radical (unpaired) electrons. The molecule has 0 atom stereocenters. The van der Waals surface area contributed by atoms with Crippen LogP contribution in [0.1, 0.15) is 30.1 Å². The van der Waals surface area contributed by atoms with Crippen molar-refractivity contribution in [2.24, 2.45) is 0 Å². The first-order valence-electron chi connectivity index (χ1n) is 7.94. The van der Waals surface area contributed by atoms with Crippen LogP contribution in [-0.2, 0) is 14.3 Å². The third-order valence-electron chi connectivity index (χ3n) is 3.21. The van der Waals surface area contributed by atoms with Crippen molar-refractivity contribution in [1.29, 1.82) is 0 Å². The van der Waals surface area contributed by atoms with E-state index in [0.717, 1.165) is 6.42 Å². The minimum Gasteiger partial charge on any atom is -0.493 e. The van der Waals surface area contributed by atoms with Gasteiger partial charge in [-0.2, -0.15) is 0 Å². The molecule has 0 saturated carbocycles. The van der Waals surface area contributed by atoms with E-state index in [1.807, 2.05) is 6.92 Å². The van der Waals surface area contributed by atoms with E-state index in [4.69, 9.17) is 9.47 Å². The van der Waals surface area contributed by atoms with Crippen LogP contribution in [0.5, 0.6) is 11.5 Å². The van der Waals surface area contributed by atoms with Gasteiger partial charge in [-0.05, 0) is 24.6 Å². The molecule has 8 nitrogen and oxygen atoms in total. The highest BCUT2D eigenvalue weighted by Gasteiger charge is 2.13. The summed E-state index contributed by atoms with van der Waals surface area (Å²) in [4.78, 5) is 34.7. The molecule has 0 aliphatic rings. The SMILES string of the molecule is CCCNC(=O)CCNC(=O)c1ccc(OCC(=O)OC)c(OC)c1. The summed E-state index contributed by atoms with van der Waals surface area (Å²) >= 11 is 0. The summed E-state index contributed by atoms with van der Waals surface area (Å²) in [6, 6.07) is 4.57. The van der Waals surface area contributed by atoms with E-state index in [1.165, 1.54) is 26.4 Å². The molecule has 138 valence electrons. The molecule has 0 aromatic heterocycles. The first-order chi connectivity index (χ1) is 12.0. The van der Waals surface area contributed by atoms with E-state index in [9.17, 15) is 14.4 Å². The molecule has 1 aromatic rings. The Kier molecular flexibility index (Phi) is 8.84. The number of amides is 2. The van der Waals surface area contributed by atoms with Gasteiger partial charge < -0.3 is 24.8 Å². The third-order valence-corrected chi connectivity index (χ3v) is 3.21. The minimum atomic E-state index is -0.523. The molecule has 1 rings (SSSR count). The Morgan fingerprint density at radius 1 is 1.04 bits per heavy atom. The van der Waals surface area contributed by atoms with Crippen LogP contribution in [0.3, 0.4) is 0 Å². The predicted molar refractivity (Wildman–Crippen MR) is 90.8 cm³/mol. The van der Waals surface area contributed by atoms with Crippen molar-refractivity contribution in [2.45, 2.75) is 19.8 Å². The average Bonchev–Trinajstić information content (AvgIpc) is 2.63. The van der Waals surface area contributed by atoms with E-state index < -0.39 is 5.97 Å². The summed E-state index contributed by atoms with van der Waals surface area (Å²) in [5.41, 5.74) is 0.358. The van der Waals surface area contributed by atoms with E-state index in [2.05, 4.69) is 15.4 Å². The highest BCUT2D eigenvalue weighted by Crippen LogP contribution is 2.28. The van der Waals surface area contributed by atoms with Gasteiger partial charge in [-0.1, -0.05) is 6.92 Å². The summed E-state index contributed by atoms with van der Waals surface area (Å²) in [6.45, 7) is 2.56. The van der Waals surface area contributed by atoms with Gasteiger partial charge >= 0.3 is 5.97 Å². The lowest BCUT2D eigenvalue weighted by molar-refractivity contribution is -0.142. The number of carbonyl (C=O) groups excluding carboxylic acids is 3. The van der Waals surface area contributed by atoms with Gasteiger partial charge in [0.25, 0.3) is 5.91 Å². The van der Waals surface area contributed by atoms with Crippen LogP contribution >= 0.6 is 0 Å². The number of methoxy groups -OCH3 is 2. The van der Waals surface area contributed by atoms with Crippen molar-refractivity contribution < 1.29 is 28.6 Å². The normalized spacial score (nSPS) is 9.88. The van der Waals surface area contributed by atoms with Crippen LogP contribution in [0.2, 0.25) is 0 Å². The molecular formula is C17H24N2O6. The molecule has 1 aromatic carbocycles. The van der Waals surface area contributed by atoms with Gasteiger partial charge in [0.2, 0.25) is 5.91 Å². The van der Waals surface area contributed by atoms with Gasteiger partial charge in [0.15, 0.2) is 18.1 Å². The zero-order chi connectivity index (χ0) is 18.7. The number of benzene rings is 1. The van der Waals surface area contributed by atoms with Gasteiger partial charge in [0.05, 0.1) is 14.2 Å². The first-order valence-corrected chi connectivity index (χ1v) is 7.94. The highest BCUT2D eigenvalue weighted by atomic mass is 16.6. The maximum atomic E-state index is 12.1. The van der Waals surface area contributed by atoms with Gasteiger partial charge in [-0.25, -0.2) is 4.79 Å². The molecule has 0 heterocycles. The van der Waals surface area contributed by atoms with E-state index in [0.29, 0.717) is 23.6 Å². The Morgan fingerprint density at radius 2 is 1.80 bits per heavy atom. The first kappa shape index (κ1) is 20.3. The number of rotatable bonds is 10. The smallest absolute Gasteiger partial charge is 0.343 e. The lowest BCUT2D eigenvalue weighted by Gasteiger charge is -2.11. The number of hydrogen-bond donors (Lipinski definition) is 2. The molecule has 0 aliphatic heterocycles. The Bertz CT molecular complexity index is 603. The number of ether oxygens (including phenoxy) is 3. The summed E-state index contributed by atoms with van der Waals surface area (Å²) in [5, 5.41) is 5.40. The fourth-order valence-electron chi connectivity index (χ4n) is 1.87. The Hall–Kier alpha value is -2.77. The Labute approximate surface area is 146 Å². The van der Waals surface area contributed by atoms with Crippen LogP contribution in [0, 0.1) is 0 Å². The fourth-order valence-corrected chi connectivity index (χ4v) is 1.87. The topological polar surface area (TPSA) is 103 Å². The average molecular weight is 352 g/mol. The van der Waals surface area contributed by atoms with Crippen LogP contribution in [0.15, 0.2) is 18.2 Å². The van der Waals surface area contributed by atoms with Crippen molar-refractivity contribution >= 4 is 17.8 Å². The molecule has 25 heavy (non-hydrogen) atoms. The predicted octanol–water partition coefficient (Wildman–Crippen LogP) is 0.893. The van der Waals surface area contributed by atoms with Crippen molar-refractivity contribution in [3.05, 3.63) is 23.8 Å². The Morgan fingerprint density at radius 3 is 2.44 bits per heavy atom. The number of nitrogens with one attached hydrogen (secondary N) is 2. The molecule has 0 bridgehead atoms. The lowest BCUT2D eigenvalue weighted by Crippen LogP contribution is -2.31. The molecule has 0 aliphatic carbocycles. The maximum absolute atomic E-state index is 12.1. The van der Waals surface area contributed by atoms with Gasteiger partial charge in [0.1, 0.15) is 0 Å². The second-order valence-corrected chi connectivity index (χ2v) is 5.09. The minimum absolute atomic E-state index is 0.105. The summed E-state index contributed by atoms with van der Waals surface area (Å²) < 4.78 is 14.9. The number of hydrogen-bond acceptors (Lipinski definition) is 6. The van der Waals surface area contributed by atoms with Crippen molar-refractivity contribution in [3.63, 3.8) is 0 Å². The van der Waals surface area contributed by atoms with Crippen LogP contribution in [0.4, 0.5) is 0 Å². The van der Waals surface area contributed by atoms with Crippen LogP contribution in [0.25, 0.3) is 0 Å². The molecule has 0 saturated heterocycles. The summed E-state index contributed by atoms with van der Waals surface area (Å²) in [7, 11) is 2.69. The second-order valence-electron chi connectivity index (χ2n) is 5.09. The molecule has 0 spiro atoms. The maximum Gasteiger partial charge on any atom is 0.343 e. The molecule has 8 heteroatoms.